The van der Waals surface area contributed by atoms with Gasteiger partial charge in [0.1, 0.15) is 17.3 Å². The molecule has 1 aromatic carbocycles. The highest BCUT2D eigenvalue weighted by atomic mass is 35.5. The van der Waals surface area contributed by atoms with E-state index in [0.717, 1.165) is 18.6 Å². The molecule has 6 rings (SSSR count). The molecule has 0 aliphatic carbocycles. The largest absolute Gasteiger partial charge is 0.494 e. The van der Waals surface area contributed by atoms with Crippen molar-refractivity contribution in [2.24, 2.45) is 5.73 Å². The molecular formula is C32H35ClF2N9O4P. The number of nitrogens with one attached hydrogen (secondary N) is 1. The SMILES string of the molecule is CCC(C)OP(=O)(O)Nc1ncnc2c1ncn2Cc1cc(-c2cc(F)c(OC)cc2F)ncc1N1CCC[C@](N)(c2cccc(Cl)n2)C1. The van der Waals surface area contributed by atoms with E-state index in [-0.39, 0.29) is 34.9 Å². The normalized spacial score (nSPS) is 18.3. The van der Waals surface area contributed by atoms with Gasteiger partial charge in [0.15, 0.2) is 28.5 Å². The molecular weight excluding hydrogens is 679 g/mol. The minimum absolute atomic E-state index is 0.0160. The first kappa shape index (κ1) is 34.6. The van der Waals surface area contributed by atoms with Crippen molar-refractivity contribution in [3.8, 4) is 17.0 Å². The number of ether oxygens (including phenoxy) is 1. The molecule has 258 valence electrons. The fourth-order valence-electron chi connectivity index (χ4n) is 5.85. The highest BCUT2D eigenvalue weighted by Crippen LogP contribution is 2.44. The monoisotopic (exact) mass is 713 g/mol. The number of hydrogen-bond donors (Lipinski definition) is 3. The predicted molar refractivity (Wildman–Crippen MR) is 181 cm³/mol. The standard InChI is InChI=1S/C32H35ClF2N9O4P/c1-4-19(2)48-49(45,46)42-30-29-31(39-17-38-30)44(18-40-29)15-20-11-24(21-12-23(35)26(47-3)13-22(21)34)37-14-25(20)43-10-6-9-32(36,16-43)27-7-5-8-28(33)41-27/h5,7-8,11-14,17-19H,4,6,9-10,15-16,36H2,1-3H3,(H2,38,39,42,45,46)/t19?,32-/m1/s1. The van der Waals surface area contributed by atoms with Crippen molar-refractivity contribution >= 4 is 42.0 Å². The van der Waals surface area contributed by atoms with Crippen LogP contribution in [0.15, 0.2) is 55.2 Å². The van der Waals surface area contributed by atoms with Crippen LogP contribution in [0.4, 0.5) is 20.3 Å². The number of halogens is 3. The first-order valence-corrected chi connectivity index (χ1v) is 17.5. The van der Waals surface area contributed by atoms with Crippen LogP contribution in [0, 0.1) is 11.6 Å². The van der Waals surface area contributed by atoms with E-state index in [4.69, 9.17) is 26.6 Å². The zero-order valence-corrected chi connectivity index (χ0v) is 28.6. The van der Waals surface area contributed by atoms with E-state index in [9.17, 15) is 13.8 Å². The summed E-state index contributed by atoms with van der Waals surface area (Å²) in [5.41, 5.74) is 8.87. The number of rotatable bonds is 11. The van der Waals surface area contributed by atoms with Gasteiger partial charge in [0.25, 0.3) is 0 Å². The molecule has 1 saturated heterocycles. The van der Waals surface area contributed by atoms with Crippen molar-refractivity contribution in [2.45, 2.75) is 51.3 Å². The number of nitrogens with zero attached hydrogens (tertiary/aromatic N) is 7. The third-order valence-corrected chi connectivity index (χ3v) is 9.81. The summed E-state index contributed by atoms with van der Waals surface area (Å²) in [6.45, 7) is 4.69. The summed E-state index contributed by atoms with van der Waals surface area (Å²) in [6.07, 6.45) is 5.83. The Hall–Kier alpha value is -4.27. The topological polar surface area (TPSA) is 166 Å². The summed E-state index contributed by atoms with van der Waals surface area (Å²) in [5, 5.41) is 2.81. The molecule has 3 atom stereocenters. The van der Waals surface area contributed by atoms with Crippen LogP contribution >= 0.6 is 19.3 Å². The average molecular weight is 714 g/mol. The fourth-order valence-corrected chi connectivity index (χ4v) is 7.14. The summed E-state index contributed by atoms with van der Waals surface area (Å²) in [7, 11) is -3.02. The second kappa shape index (κ2) is 13.9. The van der Waals surface area contributed by atoms with Crippen molar-refractivity contribution in [1.82, 2.24) is 29.5 Å². The van der Waals surface area contributed by atoms with Gasteiger partial charge in [-0.1, -0.05) is 24.6 Å². The van der Waals surface area contributed by atoms with Crippen LogP contribution in [0.2, 0.25) is 5.15 Å². The van der Waals surface area contributed by atoms with E-state index in [1.165, 1.54) is 19.8 Å². The van der Waals surface area contributed by atoms with Gasteiger partial charge < -0.3 is 24.8 Å². The number of imidazole rings is 1. The lowest BCUT2D eigenvalue weighted by molar-refractivity contribution is 0.189. The third-order valence-electron chi connectivity index (χ3n) is 8.46. The van der Waals surface area contributed by atoms with Crippen LogP contribution in [0.25, 0.3) is 22.4 Å². The molecule has 5 heterocycles. The van der Waals surface area contributed by atoms with Crippen LogP contribution in [-0.2, 0) is 21.2 Å². The van der Waals surface area contributed by atoms with Gasteiger partial charge in [-0.2, -0.15) is 0 Å². The van der Waals surface area contributed by atoms with Gasteiger partial charge in [0, 0.05) is 24.7 Å². The van der Waals surface area contributed by atoms with Gasteiger partial charge in [-0.05, 0) is 56.0 Å². The van der Waals surface area contributed by atoms with Crippen LogP contribution in [0.1, 0.15) is 44.4 Å². The number of nitrogens with two attached hydrogens (primary N) is 1. The number of anilines is 2. The summed E-state index contributed by atoms with van der Waals surface area (Å²) < 4.78 is 54.7. The highest BCUT2D eigenvalue weighted by Gasteiger charge is 2.36. The molecule has 1 fully saturated rings. The van der Waals surface area contributed by atoms with Gasteiger partial charge in [-0.25, -0.2) is 33.3 Å². The van der Waals surface area contributed by atoms with Gasteiger partial charge in [0.05, 0.1) is 54.9 Å². The van der Waals surface area contributed by atoms with Crippen molar-refractivity contribution in [3.05, 3.63) is 83.3 Å². The Morgan fingerprint density at radius 2 is 2.00 bits per heavy atom. The van der Waals surface area contributed by atoms with E-state index in [0.29, 0.717) is 53.7 Å². The number of methoxy groups -OCH3 is 1. The van der Waals surface area contributed by atoms with Gasteiger partial charge in [0.2, 0.25) is 0 Å². The predicted octanol–water partition coefficient (Wildman–Crippen LogP) is 6.05. The van der Waals surface area contributed by atoms with E-state index < -0.39 is 31.0 Å². The number of aromatic nitrogens is 6. The fraction of sp³-hybridized carbons (Fsp3) is 0.344. The number of piperidine rings is 1. The smallest absolute Gasteiger partial charge is 0.431 e. The second-order valence-electron chi connectivity index (χ2n) is 11.9. The minimum atomic E-state index is -4.28. The van der Waals surface area contributed by atoms with Crippen LogP contribution < -0.4 is 20.5 Å². The maximum absolute atomic E-state index is 15.3. The van der Waals surface area contributed by atoms with Gasteiger partial charge >= 0.3 is 7.75 Å². The zero-order chi connectivity index (χ0) is 34.9. The number of fused-ring (bicyclic) bond motifs is 1. The zero-order valence-electron chi connectivity index (χ0n) is 27.0. The molecule has 0 bridgehead atoms. The maximum Gasteiger partial charge on any atom is 0.431 e. The Kier molecular flexibility index (Phi) is 9.83. The maximum atomic E-state index is 15.3. The molecule has 1 aliphatic rings. The van der Waals surface area contributed by atoms with Crippen molar-refractivity contribution in [2.75, 3.05) is 30.2 Å². The molecule has 13 nitrogen and oxygen atoms in total. The average Bonchev–Trinajstić information content (AvgIpc) is 3.48. The first-order valence-electron chi connectivity index (χ1n) is 15.5. The Morgan fingerprint density at radius 1 is 1.18 bits per heavy atom. The molecule has 2 unspecified atom stereocenters. The molecule has 0 amide bonds. The lowest BCUT2D eigenvalue weighted by Crippen LogP contribution is -2.52. The Morgan fingerprint density at radius 3 is 2.76 bits per heavy atom. The summed E-state index contributed by atoms with van der Waals surface area (Å²) in [6, 6.07) is 9.05. The van der Waals surface area contributed by atoms with E-state index in [2.05, 4.69) is 34.9 Å². The van der Waals surface area contributed by atoms with E-state index in [1.54, 1.807) is 29.8 Å². The Balaban J connectivity index is 1.41. The van der Waals surface area contributed by atoms with Crippen LogP contribution in [0.5, 0.6) is 5.75 Å². The van der Waals surface area contributed by atoms with Crippen molar-refractivity contribution in [3.63, 3.8) is 0 Å². The molecule has 0 spiro atoms. The van der Waals surface area contributed by atoms with Gasteiger partial charge in [-0.15, -0.1) is 0 Å². The number of benzene rings is 1. The lowest BCUT2D eigenvalue weighted by atomic mass is 9.86. The van der Waals surface area contributed by atoms with E-state index in [1.807, 2.05) is 19.1 Å². The van der Waals surface area contributed by atoms with Crippen LogP contribution in [-0.4, -0.2) is 60.7 Å². The molecule has 0 saturated carbocycles. The summed E-state index contributed by atoms with van der Waals surface area (Å²) in [4.78, 5) is 34.5. The first-order chi connectivity index (χ1) is 23.4. The minimum Gasteiger partial charge on any atom is -0.494 e. The number of pyridine rings is 2. The highest BCUT2D eigenvalue weighted by molar-refractivity contribution is 7.54. The van der Waals surface area contributed by atoms with Gasteiger partial charge in [-0.3, -0.25) is 14.6 Å². The molecule has 4 aromatic heterocycles. The quantitative estimate of drug-likeness (QED) is 0.107. The Labute approximate surface area is 286 Å². The lowest BCUT2D eigenvalue weighted by Gasteiger charge is -2.41. The Bertz CT molecular complexity index is 2050. The molecule has 0 radical (unpaired) electrons. The molecule has 1 aliphatic heterocycles. The van der Waals surface area contributed by atoms with E-state index >= 15 is 4.39 Å². The summed E-state index contributed by atoms with van der Waals surface area (Å²) >= 11 is 6.21. The second-order valence-corrected chi connectivity index (χ2v) is 13.8. The molecule has 49 heavy (non-hydrogen) atoms. The molecule has 17 heteroatoms. The molecule has 5 aromatic rings. The molecule has 4 N–H and O–H groups in total. The van der Waals surface area contributed by atoms with Crippen LogP contribution in [0.3, 0.4) is 0 Å². The number of hydrogen-bond acceptors (Lipinski definition) is 10. The third kappa shape index (κ3) is 7.36. The van der Waals surface area contributed by atoms with Crippen molar-refractivity contribution < 1.29 is 27.5 Å². The summed E-state index contributed by atoms with van der Waals surface area (Å²) in [5.74, 6) is -1.65. The van der Waals surface area contributed by atoms with Crippen molar-refractivity contribution in [1.29, 1.82) is 0 Å².